The van der Waals surface area contributed by atoms with Crippen molar-refractivity contribution in [2.24, 2.45) is 28.6 Å². The molecule has 0 unspecified atom stereocenters. The van der Waals surface area contributed by atoms with E-state index in [2.05, 4.69) is 63.8 Å². The van der Waals surface area contributed by atoms with E-state index in [0.29, 0.717) is 41.8 Å². The maximum atomic E-state index is 12.4. The quantitative estimate of drug-likeness (QED) is 0.510. The van der Waals surface area contributed by atoms with E-state index >= 15 is 0 Å². The standard InChI is InChI=1S/C31H40O2/c1-6-14-31(33)16-13-27-25-11-10-23-18-24(32)12-15-29(23,4)28(25)26(19-30(27,31)5)22-9-7-8-21(17-22)20(2)3/h7-9,17-18,20,25-28,33H,10-13,15-16,19H2,1-5H3/t25-,26-,27-,28+,29-,30-,31-/m0/s1. The van der Waals surface area contributed by atoms with E-state index in [-0.39, 0.29) is 10.8 Å². The van der Waals surface area contributed by atoms with Crippen LogP contribution in [0.1, 0.15) is 103 Å². The normalized spacial score (nSPS) is 42.0. The summed E-state index contributed by atoms with van der Waals surface area (Å²) in [6.45, 7) is 11.2. The Hall–Kier alpha value is -1.85. The molecule has 33 heavy (non-hydrogen) atoms. The van der Waals surface area contributed by atoms with Gasteiger partial charge in [-0.3, -0.25) is 4.79 Å². The van der Waals surface area contributed by atoms with Gasteiger partial charge in [0.05, 0.1) is 0 Å². The van der Waals surface area contributed by atoms with Gasteiger partial charge in [0.25, 0.3) is 0 Å². The number of rotatable bonds is 2. The number of hydrogen-bond acceptors (Lipinski definition) is 2. The zero-order valence-electron chi connectivity index (χ0n) is 21.1. The molecule has 0 saturated heterocycles. The van der Waals surface area contributed by atoms with Crippen LogP contribution in [-0.2, 0) is 4.79 Å². The predicted octanol–water partition coefficient (Wildman–Crippen LogP) is 6.79. The molecular formula is C31H40O2. The molecule has 5 rings (SSSR count). The minimum atomic E-state index is -0.898. The van der Waals surface area contributed by atoms with Crippen molar-refractivity contribution in [3.05, 3.63) is 47.0 Å². The van der Waals surface area contributed by atoms with Crippen molar-refractivity contribution in [3.8, 4) is 11.8 Å². The highest BCUT2D eigenvalue weighted by Gasteiger charge is 2.66. The number of allylic oxidation sites excluding steroid dienone is 1. The number of benzene rings is 1. The lowest BCUT2D eigenvalue weighted by atomic mass is 9.43. The Bertz CT molecular complexity index is 1050. The fraction of sp³-hybridized carbons (Fsp3) is 0.645. The van der Waals surface area contributed by atoms with Gasteiger partial charge in [0.15, 0.2) is 5.78 Å². The van der Waals surface area contributed by atoms with E-state index in [4.69, 9.17) is 0 Å². The first kappa shape index (κ1) is 22.9. The van der Waals surface area contributed by atoms with E-state index < -0.39 is 5.60 Å². The zero-order chi connectivity index (χ0) is 23.6. The van der Waals surface area contributed by atoms with E-state index in [1.807, 2.05) is 13.0 Å². The number of carbonyl (C=O) groups is 1. The number of ketones is 1. The molecule has 2 heteroatoms. The van der Waals surface area contributed by atoms with Crippen LogP contribution in [0.2, 0.25) is 0 Å². The molecule has 1 aromatic carbocycles. The SMILES string of the molecule is CC#C[C@]1(O)CC[C@H]2[C@@H]3CCC4=CC(=O)CC[C@]4(C)[C@H]3[C@H](c3cccc(C(C)C)c3)C[C@@]21C. The number of aliphatic hydroxyl groups is 1. The fourth-order valence-corrected chi connectivity index (χ4v) is 8.63. The minimum Gasteiger partial charge on any atom is -0.377 e. The minimum absolute atomic E-state index is 0.0772. The van der Waals surface area contributed by atoms with E-state index in [1.165, 1.54) is 16.7 Å². The number of fused-ring (bicyclic) bond motifs is 5. The molecule has 0 heterocycles. The predicted molar refractivity (Wildman–Crippen MR) is 134 cm³/mol. The molecule has 0 spiro atoms. The van der Waals surface area contributed by atoms with Crippen molar-refractivity contribution in [1.29, 1.82) is 0 Å². The average molecular weight is 445 g/mol. The second-order valence-electron chi connectivity index (χ2n) is 12.2. The molecule has 176 valence electrons. The molecular weight excluding hydrogens is 404 g/mol. The van der Waals surface area contributed by atoms with E-state index in [0.717, 1.165) is 38.5 Å². The van der Waals surface area contributed by atoms with Crippen LogP contribution in [0, 0.1) is 40.4 Å². The molecule has 4 aliphatic carbocycles. The lowest BCUT2D eigenvalue weighted by Crippen LogP contribution is -2.57. The first-order valence-electron chi connectivity index (χ1n) is 13.1. The lowest BCUT2D eigenvalue weighted by Gasteiger charge is -2.61. The van der Waals surface area contributed by atoms with Crippen LogP contribution in [0.15, 0.2) is 35.9 Å². The van der Waals surface area contributed by atoms with Crippen LogP contribution in [0.3, 0.4) is 0 Å². The van der Waals surface area contributed by atoms with Gasteiger partial charge >= 0.3 is 0 Å². The van der Waals surface area contributed by atoms with Crippen LogP contribution in [-0.4, -0.2) is 16.5 Å². The number of hydrogen-bond donors (Lipinski definition) is 1. The Morgan fingerprint density at radius 2 is 1.91 bits per heavy atom. The first-order valence-corrected chi connectivity index (χ1v) is 13.1. The Balaban J connectivity index is 1.67. The highest BCUT2D eigenvalue weighted by atomic mass is 16.3. The molecule has 4 aliphatic rings. The maximum absolute atomic E-state index is 12.4. The number of carbonyl (C=O) groups excluding carboxylic acids is 1. The maximum Gasteiger partial charge on any atom is 0.155 e. The van der Waals surface area contributed by atoms with Gasteiger partial charge in [0.1, 0.15) is 5.60 Å². The fourth-order valence-electron chi connectivity index (χ4n) is 8.63. The van der Waals surface area contributed by atoms with Gasteiger partial charge in [-0.05, 0) is 97.7 Å². The molecule has 0 aromatic heterocycles. The summed E-state index contributed by atoms with van der Waals surface area (Å²) in [5.74, 6) is 9.11. The summed E-state index contributed by atoms with van der Waals surface area (Å²) < 4.78 is 0. The monoisotopic (exact) mass is 444 g/mol. The van der Waals surface area contributed by atoms with Crippen LogP contribution in [0.25, 0.3) is 0 Å². The third-order valence-corrected chi connectivity index (χ3v) is 10.4. The van der Waals surface area contributed by atoms with Crippen LogP contribution < -0.4 is 0 Å². The molecule has 0 aliphatic heterocycles. The smallest absolute Gasteiger partial charge is 0.155 e. The van der Waals surface area contributed by atoms with Crippen LogP contribution in [0.4, 0.5) is 0 Å². The molecule has 0 amide bonds. The third-order valence-electron chi connectivity index (χ3n) is 10.4. The summed E-state index contributed by atoms with van der Waals surface area (Å²) in [7, 11) is 0. The van der Waals surface area contributed by atoms with Gasteiger partial charge in [-0.25, -0.2) is 0 Å². The van der Waals surface area contributed by atoms with Gasteiger partial charge in [-0.15, -0.1) is 5.92 Å². The third kappa shape index (κ3) is 3.30. The Morgan fingerprint density at radius 3 is 2.64 bits per heavy atom. The highest BCUT2D eigenvalue weighted by molar-refractivity contribution is 5.91. The summed E-state index contributed by atoms with van der Waals surface area (Å²) >= 11 is 0. The topological polar surface area (TPSA) is 37.3 Å². The zero-order valence-corrected chi connectivity index (χ0v) is 21.1. The van der Waals surface area contributed by atoms with Crippen molar-refractivity contribution >= 4 is 5.78 Å². The molecule has 1 N–H and O–H groups in total. The average Bonchev–Trinajstić information content (AvgIpc) is 3.04. The molecule has 7 atom stereocenters. The Labute approximate surface area is 200 Å². The highest BCUT2D eigenvalue weighted by Crippen LogP contribution is 2.70. The summed E-state index contributed by atoms with van der Waals surface area (Å²) in [6, 6.07) is 9.24. The molecule has 2 nitrogen and oxygen atoms in total. The second kappa shape index (κ2) is 7.84. The van der Waals surface area contributed by atoms with E-state index in [1.54, 1.807) is 0 Å². The van der Waals surface area contributed by atoms with Crippen molar-refractivity contribution in [2.45, 2.75) is 97.0 Å². The van der Waals surface area contributed by atoms with Crippen molar-refractivity contribution < 1.29 is 9.90 Å². The molecule has 3 saturated carbocycles. The summed E-state index contributed by atoms with van der Waals surface area (Å²) in [5.41, 5.74) is 3.20. The van der Waals surface area contributed by atoms with Crippen molar-refractivity contribution in [1.82, 2.24) is 0 Å². The van der Waals surface area contributed by atoms with Crippen molar-refractivity contribution in [3.63, 3.8) is 0 Å². The Morgan fingerprint density at radius 1 is 1.12 bits per heavy atom. The molecule has 0 radical (unpaired) electrons. The second-order valence-corrected chi connectivity index (χ2v) is 12.2. The van der Waals surface area contributed by atoms with Gasteiger partial charge in [0.2, 0.25) is 0 Å². The van der Waals surface area contributed by atoms with Gasteiger partial charge in [-0.2, -0.15) is 0 Å². The molecule has 0 bridgehead atoms. The van der Waals surface area contributed by atoms with Gasteiger partial charge in [0, 0.05) is 11.8 Å². The molecule has 3 fully saturated rings. The molecule has 1 aromatic rings. The van der Waals surface area contributed by atoms with Crippen molar-refractivity contribution in [2.75, 3.05) is 0 Å². The van der Waals surface area contributed by atoms with Gasteiger partial charge < -0.3 is 5.11 Å². The van der Waals surface area contributed by atoms with E-state index in [9.17, 15) is 9.90 Å². The summed E-state index contributed by atoms with van der Waals surface area (Å²) in [4.78, 5) is 12.4. The first-order chi connectivity index (χ1) is 15.6. The van der Waals surface area contributed by atoms with Crippen LogP contribution >= 0.6 is 0 Å². The van der Waals surface area contributed by atoms with Gasteiger partial charge in [-0.1, -0.05) is 63.5 Å². The Kier molecular flexibility index (Phi) is 5.45. The summed E-state index contributed by atoms with van der Waals surface area (Å²) in [6.07, 6.45) is 8.65. The lowest BCUT2D eigenvalue weighted by molar-refractivity contribution is -0.122. The largest absolute Gasteiger partial charge is 0.377 e. The van der Waals surface area contributed by atoms with Crippen LogP contribution in [0.5, 0.6) is 0 Å². The summed E-state index contributed by atoms with van der Waals surface area (Å²) in [5, 5.41) is 11.8.